The lowest BCUT2D eigenvalue weighted by Gasteiger charge is -2.23. The molecule has 192 valence electrons. The van der Waals surface area contributed by atoms with E-state index in [0.29, 0.717) is 11.1 Å². The van der Waals surface area contributed by atoms with E-state index in [2.05, 4.69) is 25.3 Å². The molecule has 1 aliphatic heterocycles. The summed E-state index contributed by atoms with van der Waals surface area (Å²) in [5, 5.41) is 2.75. The zero-order valence-corrected chi connectivity index (χ0v) is 19.7. The van der Waals surface area contributed by atoms with E-state index in [1.54, 1.807) is 37.3 Å². The van der Waals surface area contributed by atoms with Gasteiger partial charge in [-0.05, 0) is 18.9 Å². The first-order chi connectivity index (χ1) is 17.3. The van der Waals surface area contributed by atoms with E-state index in [1.165, 1.54) is 16.8 Å². The molecule has 8 nitrogen and oxygen atoms in total. The quantitative estimate of drug-likeness (QED) is 0.353. The van der Waals surface area contributed by atoms with Crippen LogP contribution in [0.3, 0.4) is 0 Å². The number of benzene rings is 1. The molecule has 1 aromatic carbocycles. The molecule has 0 saturated heterocycles. The number of halogens is 6. The highest BCUT2D eigenvalue weighted by Crippen LogP contribution is 2.45. The van der Waals surface area contributed by atoms with Gasteiger partial charge in [-0.2, -0.15) is 22.0 Å². The molecule has 0 bridgehead atoms. The summed E-state index contributed by atoms with van der Waals surface area (Å²) >= 11 is 6.14. The number of nitrogen functional groups attached to an aromatic ring is 1. The number of aryl methyl sites for hydroxylation is 1. The fraction of sp³-hybridized carbons (Fsp3) is 0.261. The van der Waals surface area contributed by atoms with Crippen LogP contribution >= 0.6 is 11.6 Å². The molecule has 1 amide bonds. The van der Waals surface area contributed by atoms with Gasteiger partial charge in [0.1, 0.15) is 27.9 Å². The van der Waals surface area contributed by atoms with Crippen molar-refractivity contribution in [1.29, 1.82) is 0 Å². The minimum atomic E-state index is -5.71. The number of rotatable bonds is 5. The van der Waals surface area contributed by atoms with Crippen LogP contribution in [0.2, 0.25) is 5.15 Å². The monoisotopic (exact) mass is 537 g/mol. The Morgan fingerprint density at radius 3 is 2.49 bits per heavy atom. The molecular formula is C23H17ClF5N7O. The largest absolute Gasteiger partial charge is 0.453 e. The number of nitrogens with one attached hydrogen (secondary N) is 1. The number of anilines is 2. The molecule has 3 aromatic heterocycles. The predicted octanol–water partition coefficient (Wildman–Crippen LogP) is 4.81. The van der Waals surface area contributed by atoms with Crippen LogP contribution in [0.4, 0.5) is 33.6 Å². The minimum Gasteiger partial charge on any atom is -0.383 e. The van der Waals surface area contributed by atoms with E-state index < -0.39 is 30.4 Å². The van der Waals surface area contributed by atoms with E-state index in [9.17, 15) is 26.7 Å². The Bertz CT molecular complexity index is 1540. The van der Waals surface area contributed by atoms with Crippen molar-refractivity contribution in [2.24, 2.45) is 0 Å². The fourth-order valence-electron chi connectivity index (χ4n) is 4.28. The zero-order valence-electron chi connectivity index (χ0n) is 18.9. The van der Waals surface area contributed by atoms with Crippen molar-refractivity contribution < 1.29 is 26.7 Å². The van der Waals surface area contributed by atoms with Crippen molar-refractivity contribution in [1.82, 2.24) is 24.3 Å². The molecule has 0 aliphatic carbocycles. The van der Waals surface area contributed by atoms with Gasteiger partial charge in [-0.1, -0.05) is 41.9 Å². The zero-order chi connectivity index (χ0) is 26.8. The molecule has 3 N–H and O–H groups in total. The van der Waals surface area contributed by atoms with Crippen LogP contribution in [0.15, 0.2) is 42.7 Å². The second-order valence-corrected chi connectivity index (χ2v) is 9.04. The average Bonchev–Trinajstić information content (AvgIpc) is 3.34. The summed E-state index contributed by atoms with van der Waals surface area (Å²) in [5.74, 6) is -5.32. The van der Waals surface area contributed by atoms with Gasteiger partial charge in [-0.25, -0.2) is 19.9 Å². The van der Waals surface area contributed by atoms with Crippen molar-refractivity contribution in [3.05, 3.63) is 64.7 Å². The molecule has 1 atom stereocenters. The lowest BCUT2D eigenvalue weighted by Crippen LogP contribution is -2.36. The highest BCUT2D eigenvalue weighted by molar-refractivity contribution is 6.29. The molecule has 4 aromatic rings. The van der Waals surface area contributed by atoms with Crippen LogP contribution < -0.4 is 11.1 Å². The number of nitrogens with zero attached hydrogens (tertiary/aromatic N) is 5. The topological polar surface area (TPSA) is 111 Å². The van der Waals surface area contributed by atoms with Crippen LogP contribution in [0.25, 0.3) is 17.2 Å². The number of alkyl halides is 5. The molecule has 0 fully saturated rings. The summed E-state index contributed by atoms with van der Waals surface area (Å²) in [6.45, 7) is 1.68. The van der Waals surface area contributed by atoms with Crippen molar-refractivity contribution in [3.63, 3.8) is 0 Å². The van der Waals surface area contributed by atoms with Gasteiger partial charge < -0.3 is 11.1 Å². The summed E-state index contributed by atoms with van der Waals surface area (Å²) in [5.41, 5.74) is 5.91. The molecule has 37 heavy (non-hydrogen) atoms. The van der Waals surface area contributed by atoms with E-state index >= 15 is 0 Å². The summed E-state index contributed by atoms with van der Waals surface area (Å²) in [6.07, 6.45) is -5.47. The number of amides is 1. The van der Waals surface area contributed by atoms with Crippen molar-refractivity contribution >= 4 is 34.8 Å². The third kappa shape index (κ3) is 3.93. The lowest BCUT2D eigenvalue weighted by molar-refractivity contribution is -0.284. The Morgan fingerprint density at radius 1 is 1.11 bits per heavy atom. The van der Waals surface area contributed by atoms with Crippen LogP contribution in [0.5, 0.6) is 0 Å². The van der Waals surface area contributed by atoms with Crippen LogP contribution in [0.1, 0.15) is 30.2 Å². The van der Waals surface area contributed by atoms with Gasteiger partial charge in [-0.15, -0.1) is 0 Å². The fourth-order valence-corrected chi connectivity index (χ4v) is 4.46. The van der Waals surface area contributed by atoms with Crippen LogP contribution in [-0.4, -0.2) is 42.3 Å². The molecule has 0 spiro atoms. The maximum Gasteiger partial charge on any atom is 0.453 e. The molecule has 5 rings (SSSR count). The van der Waals surface area contributed by atoms with E-state index in [-0.39, 0.29) is 45.6 Å². The average molecular weight is 538 g/mol. The van der Waals surface area contributed by atoms with Crippen molar-refractivity contribution in [3.8, 4) is 11.5 Å². The predicted molar refractivity (Wildman–Crippen MR) is 124 cm³/mol. The Balaban J connectivity index is 1.60. The third-order valence-electron chi connectivity index (χ3n) is 6.31. The first-order valence-electron chi connectivity index (χ1n) is 10.9. The van der Waals surface area contributed by atoms with Gasteiger partial charge in [0.05, 0.1) is 17.5 Å². The van der Waals surface area contributed by atoms with Crippen molar-refractivity contribution in [2.45, 2.75) is 37.3 Å². The molecule has 0 radical (unpaired) electrons. The number of fused-ring (bicyclic) bond motifs is 2. The molecule has 0 saturated carbocycles. The molecule has 1 aliphatic rings. The Labute approximate surface area is 210 Å². The Kier molecular flexibility index (Phi) is 5.59. The lowest BCUT2D eigenvalue weighted by atomic mass is 9.78. The normalized spacial score (nSPS) is 17.8. The highest BCUT2D eigenvalue weighted by atomic mass is 35.5. The summed E-state index contributed by atoms with van der Waals surface area (Å²) in [6, 6.07) is 8.88. The smallest absolute Gasteiger partial charge is 0.383 e. The van der Waals surface area contributed by atoms with E-state index in [0.717, 1.165) is 0 Å². The number of hydrogen-bond acceptors (Lipinski definition) is 6. The van der Waals surface area contributed by atoms with Crippen molar-refractivity contribution in [2.75, 3.05) is 11.1 Å². The first-order valence-corrected chi connectivity index (χ1v) is 11.2. The number of nitrogens with two attached hydrogens (primary N) is 1. The standard InChI is InChI=1S/C23H17ClF5N7O/c1-21(11-5-3-2-4-6-11)15-16(30)33-17(34-18(15)35-20(21)37)13-10-36-14(24)9-31-19(36)12(32-13)7-8-22(25,26)23(27,28)29/h2-6,9-10H,7-8H2,1H3,(H3,30,33,34,35,37). The maximum absolute atomic E-state index is 13.6. The second kappa shape index (κ2) is 8.33. The number of aromatic nitrogens is 5. The van der Waals surface area contributed by atoms with Gasteiger partial charge in [-0.3, -0.25) is 9.20 Å². The molecule has 14 heteroatoms. The maximum atomic E-state index is 13.6. The van der Waals surface area contributed by atoms with Crippen LogP contribution in [-0.2, 0) is 16.6 Å². The number of carbonyl (C=O) groups is 1. The Morgan fingerprint density at radius 2 is 1.81 bits per heavy atom. The van der Waals surface area contributed by atoms with Gasteiger partial charge in [0.25, 0.3) is 0 Å². The molecule has 1 unspecified atom stereocenters. The Hall–Kier alpha value is -3.87. The SMILES string of the molecule is CC1(c2ccccc2)C(=O)Nc2nc(-c3cn4c(Cl)cnc4c(CCC(F)(F)C(F)(F)F)n3)nc(N)c21. The van der Waals surface area contributed by atoms with Gasteiger partial charge >= 0.3 is 12.1 Å². The van der Waals surface area contributed by atoms with E-state index in [4.69, 9.17) is 17.3 Å². The van der Waals surface area contributed by atoms with E-state index in [1.807, 2.05) is 0 Å². The first kappa shape index (κ1) is 24.8. The highest BCUT2D eigenvalue weighted by Gasteiger charge is 2.56. The summed E-state index contributed by atoms with van der Waals surface area (Å²) in [4.78, 5) is 29.9. The van der Waals surface area contributed by atoms with Gasteiger partial charge in [0.15, 0.2) is 11.5 Å². The summed E-state index contributed by atoms with van der Waals surface area (Å²) < 4.78 is 66.6. The second-order valence-electron chi connectivity index (χ2n) is 8.65. The third-order valence-corrected chi connectivity index (χ3v) is 6.59. The number of carbonyl (C=O) groups excluding carboxylic acids is 1. The molecular weight excluding hydrogens is 521 g/mol. The minimum absolute atomic E-state index is 0.00538. The molecule has 4 heterocycles. The van der Waals surface area contributed by atoms with Crippen LogP contribution in [0, 0.1) is 0 Å². The summed E-state index contributed by atoms with van der Waals surface area (Å²) in [7, 11) is 0. The van der Waals surface area contributed by atoms with Gasteiger partial charge in [0.2, 0.25) is 5.91 Å². The number of imidazole rings is 1. The number of hydrogen-bond donors (Lipinski definition) is 2. The van der Waals surface area contributed by atoms with Gasteiger partial charge in [0, 0.05) is 12.6 Å².